The molecule has 9 heteroatoms. The smallest absolute Gasteiger partial charge is 0.258 e. The van der Waals surface area contributed by atoms with Gasteiger partial charge in [0.2, 0.25) is 0 Å². The van der Waals surface area contributed by atoms with Crippen LogP contribution in [0.1, 0.15) is 22.3 Å². The summed E-state index contributed by atoms with van der Waals surface area (Å²) in [7, 11) is 0. The number of hydrogen-bond donors (Lipinski definition) is 0. The topological polar surface area (TPSA) is 129 Å². The summed E-state index contributed by atoms with van der Waals surface area (Å²) in [5.41, 5.74) is -1.26. The van der Waals surface area contributed by atoms with Crippen LogP contribution in [0.15, 0.2) is 66.7 Å². The first-order valence-corrected chi connectivity index (χ1v) is 8.58. The van der Waals surface area contributed by atoms with E-state index in [0.717, 1.165) is 0 Å². The van der Waals surface area contributed by atoms with Gasteiger partial charge in [-0.05, 0) is 17.2 Å². The highest BCUT2D eigenvalue weighted by atomic mass is 16.6. The molecule has 0 N–H and O–H groups in total. The summed E-state index contributed by atoms with van der Waals surface area (Å²) < 4.78 is 0. The third-order valence-corrected chi connectivity index (χ3v) is 4.43. The van der Waals surface area contributed by atoms with Crippen molar-refractivity contribution in [2.75, 3.05) is 0 Å². The summed E-state index contributed by atoms with van der Waals surface area (Å²) in [4.78, 5) is 32.1. The lowest BCUT2D eigenvalue weighted by molar-refractivity contribution is -0.441. The maximum Gasteiger partial charge on any atom is 0.422 e. The van der Waals surface area contributed by atoms with Gasteiger partial charge in [0, 0.05) is 24.0 Å². The molecule has 0 aromatic heterocycles. The summed E-state index contributed by atoms with van der Waals surface area (Å²) in [6.45, 7) is 0. The van der Waals surface area contributed by atoms with Crippen molar-refractivity contribution >= 4 is 17.1 Å². The van der Waals surface area contributed by atoms with Crippen LogP contribution in [0.2, 0.25) is 0 Å². The van der Waals surface area contributed by atoms with Gasteiger partial charge < -0.3 is 0 Å². The lowest BCUT2D eigenvalue weighted by Gasteiger charge is -2.09. The SMILES string of the molecule is O=[N+]([O-])c1c(Cc2ccccc2)cc(Cc2ccccc2)c([N+](=O)[O-])c1[N+](=O)[O-]. The molecule has 146 valence electrons. The van der Waals surface area contributed by atoms with E-state index < -0.39 is 31.8 Å². The molecule has 29 heavy (non-hydrogen) atoms. The minimum atomic E-state index is -1.08. The molecule has 0 spiro atoms. The molecule has 0 atom stereocenters. The van der Waals surface area contributed by atoms with Crippen LogP contribution in [0, 0.1) is 30.3 Å². The molecule has 3 aromatic rings. The maximum absolute atomic E-state index is 11.7. The number of benzene rings is 3. The van der Waals surface area contributed by atoms with E-state index in [2.05, 4.69) is 0 Å². The van der Waals surface area contributed by atoms with Crippen molar-refractivity contribution in [3.8, 4) is 0 Å². The van der Waals surface area contributed by atoms with E-state index in [1.807, 2.05) is 0 Å². The monoisotopic (exact) mass is 393 g/mol. The van der Waals surface area contributed by atoms with Gasteiger partial charge in [-0.25, -0.2) is 0 Å². The lowest BCUT2D eigenvalue weighted by Crippen LogP contribution is -2.08. The Morgan fingerprint density at radius 1 is 0.552 bits per heavy atom. The Kier molecular flexibility index (Phi) is 5.59. The van der Waals surface area contributed by atoms with Gasteiger partial charge in [0.05, 0.1) is 14.8 Å². The fraction of sp³-hybridized carbons (Fsp3) is 0.100. The number of rotatable bonds is 7. The predicted molar refractivity (Wildman–Crippen MR) is 105 cm³/mol. The molecule has 0 heterocycles. The van der Waals surface area contributed by atoms with Crippen molar-refractivity contribution in [3.63, 3.8) is 0 Å². The highest BCUT2D eigenvalue weighted by Gasteiger charge is 2.41. The Morgan fingerprint density at radius 2 is 0.897 bits per heavy atom. The Labute approximate surface area is 164 Å². The zero-order valence-corrected chi connectivity index (χ0v) is 15.1. The molecule has 3 aromatic carbocycles. The number of nitro benzene ring substituents is 3. The Hall–Kier alpha value is -4.14. The molecule has 0 amide bonds. The zero-order chi connectivity index (χ0) is 21.0. The third kappa shape index (κ3) is 4.24. The molecule has 3 rings (SSSR count). The number of nitrogens with zero attached hydrogens (tertiary/aromatic N) is 3. The van der Waals surface area contributed by atoms with Crippen LogP contribution in [-0.4, -0.2) is 14.8 Å². The van der Waals surface area contributed by atoms with E-state index in [-0.39, 0.29) is 24.0 Å². The molecule has 9 nitrogen and oxygen atoms in total. The van der Waals surface area contributed by atoms with E-state index in [1.54, 1.807) is 60.7 Å². The summed E-state index contributed by atoms with van der Waals surface area (Å²) in [6.07, 6.45) is 0.0789. The van der Waals surface area contributed by atoms with Crippen molar-refractivity contribution in [2.24, 2.45) is 0 Å². The van der Waals surface area contributed by atoms with Crippen LogP contribution in [0.5, 0.6) is 0 Å². The van der Waals surface area contributed by atoms with Crippen molar-refractivity contribution in [1.29, 1.82) is 0 Å². The van der Waals surface area contributed by atoms with E-state index in [4.69, 9.17) is 0 Å². The van der Waals surface area contributed by atoms with Gasteiger partial charge in [-0.3, -0.25) is 30.3 Å². The van der Waals surface area contributed by atoms with Crippen molar-refractivity contribution in [2.45, 2.75) is 12.8 Å². The Morgan fingerprint density at radius 3 is 1.21 bits per heavy atom. The fourth-order valence-electron chi connectivity index (χ4n) is 3.24. The minimum Gasteiger partial charge on any atom is -0.258 e. The first-order chi connectivity index (χ1) is 13.9. The second kappa shape index (κ2) is 8.26. The zero-order valence-electron chi connectivity index (χ0n) is 15.1. The van der Waals surface area contributed by atoms with Gasteiger partial charge >= 0.3 is 17.1 Å². The van der Waals surface area contributed by atoms with Crippen molar-refractivity contribution in [1.82, 2.24) is 0 Å². The molecule has 0 aliphatic heterocycles. The average Bonchev–Trinajstić information content (AvgIpc) is 2.68. The summed E-state index contributed by atoms with van der Waals surface area (Å²) in [5, 5.41) is 35.0. The van der Waals surface area contributed by atoms with E-state index in [1.165, 1.54) is 6.07 Å². The summed E-state index contributed by atoms with van der Waals surface area (Å²) in [5.74, 6) is 0. The van der Waals surface area contributed by atoms with Crippen LogP contribution < -0.4 is 0 Å². The molecule has 0 saturated heterocycles. The predicted octanol–water partition coefficient (Wildman–Crippen LogP) is 4.59. The lowest BCUT2D eigenvalue weighted by atomic mass is 9.95. The van der Waals surface area contributed by atoms with Crippen LogP contribution in [0.25, 0.3) is 0 Å². The van der Waals surface area contributed by atoms with Gasteiger partial charge in [0.1, 0.15) is 0 Å². The molecule has 0 saturated carbocycles. The molecule has 0 aliphatic rings. The Bertz CT molecular complexity index is 1010. The fourth-order valence-corrected chi connectivity index (χ4v) is 3.24. The summed E-state index contributed by atoms with van der Waals surface area (Å²) >= 11 is 0. The van der Waals surface area contributed by atoms with Gasteiger partial charge in [0.15, 0.2) is 0 Å². The van der Waals surface area contributed by atoms with Gasteiger partial charge in [-0.2, -0.15) is 0 Å². The highest BCUT2D eigenvalue weighted by Crippen LogP contribution is 2.43. The van der Waals surface area contributed by atoms with Gasteiger partial charge in [-0.15, -0.1) is 0 Å². The molecule has 0 unspecified atom stereocenters. The number of nitro groups is 3. The van der Waals surface area contributed by atoms with Crippen LogP contribution in [-0.2, 0) is 12.8 Å². The maximum atomic E-state index is 11.7. The highest BCUT2D eigenvalue weighted by molar-refractivity contribution is 5.73. The standard InChI is InChI=1S/C20H15N3O6/c24-21(25)18-16(11-14-7-3-1-4-8-14)13-17(12-15-9-5-2-6-10-15)19(22(26)27)20(18)23(28)29/h1-10,13H,11-12H2. The molecular formula is C20H15N3O6. The second-order valence-corrected chi connectivity index (χ2v) is 6.34. The largest absolute Gasteiger partial charge is 0.422 e. The van der Waals surface area contributed by atoms with E-state index >= 15 is 0 Å². The molecule has 0 bridgehead atoms. The Balaban J connectivity index is 2.27. The first kappa shape index (κ1) is 19.6. The second-order valence-electron chi connectivity index (χ2n) is 6.34. The van der Waals surface area contributed by atoms with E-state index in [0.29, 0.717) is 11.1 Å². The minimum absolute atomic E-state index is 0.0395. The molecular weight excluding hydrogens is 378 g/mol. The first-order valence-electron chi connectivity index (χ1n) is 8.58. The van der Waals surface area contributed by atoms with E-state index in [9.17, 15) is 30.3 Å². The van der Waals surface area contributed by atoms with Crippen LogP contribution in [0.4, 0.5) is 17.1 Å². The average molecular weight is 393 g/mol. The normalized spacial score (nSPS) is 10.5. The van der Waals surface area contributed by atoms with Crippen LogP contribution >= 0.6 is 0 Å². The molecule has 0 aliphatic carbocycles. The van der Waals surface area contributed by atoms with Crippen molar-refractivity contribution in [3.05, 3.63) is 119 Å². The summed E-state index contributed by atoms with van der Waals surface area (Å²) in [6, 6.07) is 18.8. The van der Waals surface area contributed by atoms with Crippen LogP contribution in [0.3, 0.4) is 0 Å². The van der Waals surface area contributed by atoms with Crippen molar-refractivity contribution < 1.29 is 14.8 Å². The quantitative estimate of drug-likeness (QED) is 0.426. The molecule has 0 radical (unpaired) electrons. The van der Waals surface area contributed by atoms with Gasteiger partial charge in [-0.1, -0.05) is 60.7 Å². The molecule has 0 fully saturated rings. The number of hydrogen-bond acceptors (Lipinski definition) is 6. The third-order valence-electron chi connectivity index (χ3n) is 4.43. The van der Waals surface area contributed by atoms with Gasteiger partial charge in [0.25, 0.3) is 0 Å².